The number of nitrogens with one attached hydrogen (secondary N) is 1. The fourth-order valence-electron chi connectivity index (χ4n) is 3.41. The fourth-order valence-corrected chi connectivity index (χ4v) is 3.41. The van der Waals surface area contributed by atoms with Crippen LogP contribution in [0.4, 0.5) is 0 Å². The first-order chi connectivity index (χ1) is 12.7. The van der Waals surface area contributed by atoms with Crippen LogP contribution in [0, 0.1) is 0 Å². The van der Waals surface area contributed by atoms with Crippen molar-refractivity contribution in [1.29, 1.82) is 0 Å². The van der Waals surface area contributed by atoms with E-state index in [1.54, 1.807) is 12.4 Å². The lowest BCUT2D eigenvalue weighted by molar-refractivity contribution is 0.0713. The van der Waals surface area contributed by atoms with Gasteiger partial charge in [0.1, 0.15) is 0 Å². The van der Waals surface area contributed by atoms with Gasteiger partial charge in [-0.15, -0.1) is 0 Å². The summed E-state index contributed by atoms with van der Waals surface area (Å²) in [5, 5.41) is 3.95. The molecule has 0 radical (unpaired) electrons. The third-order valence-corrected chi connectivity index (χ3v) is 4.82. The summed E-state index contributed by atoms with van der Waals surface area (Å²) < 4.78 is 5.70. The highest BCUT2D eigenvalue weighted by molar-refractivity contribution is 6.07. The molecule has 3 heterocycles. The second-order valence-electron chi connectivity index (χ2n) is 6.62. The second-order valence-corrected chi connectivity index (χ2v) is 6.62. The van der Waals surface area contributed by atoms with Gasteiger partial charge in [0.05, 0.1) is 28.9 Å². The summed E-state index contributed by atoms with van der Waals surface area (Å²) in [4.78, 5) is 21.8. The number of aromatic nitrogens is 2. The average molecular weight is 347 g/mol. The Hall–Kier alpha value is -2.79. The third-order valence-electron chi connectivity index (χ3n) is 4.82. The van der Waals surface area contributed by atoms with Gasteiger partial charge < -0.3 is 10.1 Å². The van der Waals surface area contributed by atoms with Crippen LogP contribution in [0.25, 0.3) is 22.2 Å². The zero-order valence-corrected chi connectivity index (χ0v) is 14.7. The fraction of sp³-hybridized carbons (Fsp3) is 0.286. The largest absolute Gasteiger partial charge is 0.376 e. The first-order valence-corrected chi connectivity index (χ1v) is 8.95. The molecule has 1 amide bonds. The van der Waals surface area contributed by atoms with E-state index in [9.17, 15) is 4.79 Å². The molecule has 2 atom stereocenters. The smallest absolute Gasteiger partial charge is 0.252 e. The predicted octanol–water partition coefficient (Wildman–Crippen LogP) is 3.59. The number of pyridine rings is 2. The number of hydrogen-bond donors (Lipinski definition) is 1. The molecule has 4 rings (SSSR count). The number of para-hydroxylation sites is 1. The molecule has 0 aliphatic carbocycles. The van der Waals surface area contributed by atoms with Gasteiger partial charge >= 0.3 is 0 Å². The number of benzene rings is 1. The van der Waals surface area contributed by atoms with Crippen molar-refractivity contribution in [2.24, 2.45) is 0 Å². The topological polar surface area (TPSA) is 64.1 Å². The molecule has 3 aromatic rings. The molecule has 1 aliphatic heterocycles. The molecule has 1 aliphatic rings. The van der Waals surface area contributed by atoms with Gasteiger partial charge in [0.15, 0.2) is 0 Å². The van der Waals surface area contributed by atoms with Gasteiger partial charge in [-0.2, -0.15) is 0 Å². The van der Waals surface area contributed by atoms with E-state index in [4.69, 9.17) is 9.72 Å². The zero-order chi connectivity index (χ0) is 17.9. The van der Waals surface area contributed by atoms with E-state index < -0.39 is 0 Å². The van der Waals surface area contributed by atoms with Crippen LogP contribution in [0.1, 0.15) is 30.1 Å². The Bertz CT molecular complexity index is 921. The van der Waals surface area contributed by atoms with Crippen LogP contribution in [-0.2, 0) is 4.74 Å². The molecule has 0 bridgehead atoms. The Kier molecular flexibility index (Phi) is 4.63. The molecule has 26 heavy (non-hydrogen) atoms. The highest BCUT2D eigenvalue weighted by Crippen LogP contribution is 2.25. The Balaban J connectivity index is 1.71. The third kappa shape index (κ3) is 3.30. The molecule has 132 valence electrons. The van der Waals surface area contributed by atoms with E-state index in [0.29, 0.717) is 5.56 Å². The Morgan fingerprint density at radius 1 is 1.23 bits per heavy atom. The van der Waals surface area contributed by atoms with E-state index >= 15 is 0 Å². The van der Waals surface area contributed by atoms with Crippen molar-refractivity contribution in [1.82, 2.24) is 15.3 Å². The van der Waals surface area contributed by atoms with Gasteiger partial charge in [0.25, 0.3) is 5.91 Å². The summed E-state index contributed by atoms with van der Waals surface area (Å²) in [7, 11) is 0. The molecule has 5 nitrogen and oxygen atoms in total. The number of ether oxygens (including phenoxy) is 1. The average Bonchev–Trinajstić information content (AvgIpc) is 3.23. The van der Waals surface area contributed by atoms with E-state index in [2.05, 4.69) is 10.3 Å². The first-order valence-electron chi connectivity index (χ1n) is 8.95. The number of carbonyl (C=O) groups is 1. The predicted molar refractivity (Wildman–Crippen MR) is 101 cm³/mol. The van der Waals surface area contributed by atoms with Crippen molar-refractivity contribution in [3.63, 3.8) is 0 Å². The van der Waals surface area contributed by atoms with Crippen molar-refractivity contribution >= 4 is 16.8 Å². The minimum absolute atomic E-state index is 0.0266. The van der Waals surface area contributed by atoms with Crippen molar-refractivity contribution in [2.75, 3.05) is 6.61 Å². The van der Waals surface area contributed by atoms with E-state index in [1.807, 2.05) is 49.4 Å². The van der Waals surface area contributed by atoms with Crippen molar-refractivity contribution in [3.8, 4) is 11.3 Å². The number of carbonyl (C=O) groups excluding carboxylic acids is 1. The van der Waals surface area contributed by atoms with Crippen LogP contribution in [0.3, 0.4) is 0 Å². The molecule has 0 saturated carbocycles. The number of fused-ring (bicyclic) bond motifs is 1. The standard InChI is InChI=1S/C21H21N3O2/c1-14(20-7-4-12-26-20)23-21(25)17-13-19(15-8-10-22-11-9-15)24-18-6-3-2-5-16(17)18/h2-3,5-6,8-11,13-14,20H,4,7,12H2,1H3,(H,23,25)/t14-,20+/m0/s1. The Labute approximate surface area is 152 Å². The molecular weight excluding hydrogens is 326 g/mol. The summed E-state index contributed by atoms with van der Waals surface area (Å²) in [6.45, 7) is 2.77. The van der Waals surface area contributed by atoms with Crippen LogP contribution < -0.4 is 5.32 Å². The van der Waals surface area contributed by atoms with Gasteiger partial charge in [-0.25, -0.2) is 4.98 Å². The number of rotatable bonds is 4. The summed E-state index contributed by atoms with van der Waals surface area (Å²) in [5.74, 6) is -0.0955. The number of nitrogens with zero attached hydrogens (tertiary/aromatic N) is 2. The maximum Gasteiger partial charge on any atom is 0.252 e. The number of amides is 1. The van der Waals surface area contributed by atoms with E-state index in [0.717, 1.165) is 41.6 Å². The van der Waals surface area contributed by atoms with Gasteiger partial charge in [0, 0.05) is 30.0 Å². The Morgan fingerprint density at radius 3 is 2.81 bits per heavy atom. The minimum atomic E-state index is -0.0955. The van der Waals surface area contributed by atoms with Crippen LogP contribution in [0.2, 0.25) is 0 Å². The van der Waals surface area contributed by atoms with Gasteiger partial charge in [-0.3, -0.25) is 9.78 Å². The zero-order valence-electron chi connectivity index (χ0n) is 14.7. The molecule has 0 unspecified atom stereocenters. The molecule has 5 heteroatoms. The summed E-state index contributed by atoms with van der Waals surface area (Å²) >= 11 is 0. The molecule has 2 aromatic heterocycles. The van der Waals surface area contributed by atoms with Crippen LogP contribution >= 0.6 is 0 Å². The second kappa shape index (κ2) is 7.22. The monoisotopic (exact) mass is 347 g/mol. The maximum atomic E-state index is 13.0. The molecule has 1 fully saturated rings. The summed E-state index contributed by atoms with van der Waals surface area (Å²) in [6, 6.07) is 13.3. The first kappa shape index (κ1) is 16.7. The quantitative estimate of drug-likeness (QED) is 0.783. The molecule has 1 N–H and O–H groups in total. The molecular formula is C21H21N3O2. The number of hydrogen-bond acceptors (Lipinski definition) is 4. The summed E-state index contributed by atoms with van der Waals surface area (Å²) in [5.41, 5.74) is 3.14. The summed E-state index contributed by atoms with van der Waals surface area (Å²) in [6.07, 6.45) is 5.58. The lowest BCUT2D eigenvalue weighted by Gasteiger charge is -2.20. The highest BCUT2D eigenvalue weighted by atomic mass is 16.5. The van der Waals surface area contributed by atoms with E-state index in [1.165, 1.54) is 0 Å². The highest BCUT2D eigenvalue weighted by Gasteiger charge is 2.25. The lowest BCUT2D eigenvalue weighted by atomic mass is 10.0. The molecule has 1 aromatic carbocycles. The van der Waals surface area contributed by atoms with Crippen LogP contribution in [-0.4, -0.2) is 34.6 Å². The lowest BCUT2D eigenvalue weighted by Crippen LogP contribution is -2.40. The molecule has 1 saturated heterocycles. The minimum Gasteiger partial charge on any atom is -0.376 e. The van der Waals surface area contributed by atoms with Gasteiger partial charge in [-0.1, -0.05) is 18.2 Å². The SMILES string of the molecule is C[C@H](NC(=O)c1cc(-c2ccncc2)nc2ccccc12)[C@H]1CCCO1. The van der Waals surface area contributed by atoms with Crippen LogP contribution in [0.15, 0.2) is 54.9 Å². The normalized spacial score (nSPS) is 18.0. The van der Waals surface area contributed by atoms with Crippen LogP contribution in [0.5, 0.6) is 0 Å². The van der Waals surface area contributed by atoms with Crippen molar-refractivity contribution in [2.45, 2.75) is 31.9 Å². The maximum absolute atomic E-state index is 13.0. The van der Waals surface area contributed by atoms with E-state index in [-0.39, 0.29) is 18.1 Å². The van der Waals surface area contributed by atoms with Crippen molar-refractivity contribution < 1.29 is 9.53 Å². The Morgan fingerprint density at radius 2 is 2.04 bits per heavy atom. The van der Waals surface area contributed by atoms with Gasteiger partial charge in [0.2, 0.25) is 0 Å². The van der Waals surface area contributed by atoms with Crippen molar-refractivity contribution in [3.05, 3.63) is 60.4 Å². The van der Waals surface area contributed by atoms with Gasteiger partial charge in [-0.05, 0) is 44.0 Å². The molecule has 0 spiro atoms.